The molecule has 0 aliphatic carbocycles. The lowest BCUT2D eigenvalue weighted by Gasteiger charge is -2.22. The van der Waals surface area contributed by atoms with E-state index in [4.69, 9.17) is 5.84 Å². The van der Waals surface area contributed by atoms with Crippen LogP contribution in [0.5, 0.6) is 0 Å². The van der Waals surface area contributed by atoms with Gasteiger partial charge in [-0.25, -0.2) is 10.8 Å². The fourth-order valence-corrected chi connectivity index (χ4v) is 1.49. The number of nitrogens with zero attached hydrogens (tertiary/aromatic N) is 1. The predicted octanol–water partition coefficient (Wildman–Crippen LogP) is 1.22. The standard InChI is InChI=1S/C14H23N5O/c1-10(12(20)18-14(2,3)4)16-13(19-15)17-11-8-6-5-7-9-11/h5-10H,15H2,1-4H3,(H,18,20)(H2,16,17,19). The summed E-state index contributed by atoms with van der Waals surface area (Å²) in [6, 6.07) is 8.92. The van der Waals surface area contributed by atoms with E-state index >= 15 is 0 Å². The lowest BCUT2D eigenvalue weighted by Crippen LogP contribution is -2.46. The van der Waals surface area contributed by atoms with Gasteiger partial charge in [0.2, 0.25) is 11.9 Å². The number of aliphatic imine (C=N–C) groups is 1. The third kappa shape index (κ3) is 5.71. The lowest BCUT2D eigenvalue weighted by atomic mass is 10.1. The second-order valence-corrected chi connectivity index (χ2v) is 5.53. The van der Waals surface area contributed by atoms with E-state index in [1.54, 1.807) is 6.92 Å². The Hall–Kier alpha value is -2.08. The fraction of sp³-hybridized carbons (Fsp3) is 0.429. The quantitative estimate of drug-likeness (QED) is 0.289. The minimum Gasteiger partial charge on any atom is -0.350 e. The number of hydrazine groups is 1. The summed E-state index contributed by atoms with van der Waals surface area (Å²) >= 11 is 0. The van der Waals surface area contributed by atoms with Gasteiger partial charge in [0.1, 0.15) is 6.04 Å². The highest BCUT2D eigenvalue weighted by Gasteiger charge is 2.19. The Balaban J connectivity index is 2.71. The summed E-state index contributed by atoms with van der Waals surface area (Å²) in [6.07, 6.45) is 0. The first-order chi connectivity index (χ1) is 9.31. The van der Waals surface area contributed by atoms with Gasteiger partial charge in [-0.2, -0.15) is 0 Å². The van der Waals surface area contributed by atoms with Crippen molar-refractivity contribution in [3.8, 4) is 0 Å². The van der Waals surface area contributed by atoms with Crippen LogP contribution < -0.4 is 21.9 Å². The van der Waals surface area contributed by atoms with Gasteiger partial charge < -0.3 is 10.6 Å². The van der Waals surface area contributed by atoms with E-state index in [9.17, 15) is 4.79 Å². The van der Waals surface area contributed by atoms with Gasteiger partial charge in [-0.1, -0.05) is 18.2 Å². The van der Waals surface area contributed by atoms with Gasteiger partial charge in [-0.15, -0.1) is 0 Å². The number of anilines is 1. The highest BCUT2D eigenvalue weighted by molar-refractivity contribution is 5.95. The van der Waals surface area contributed by atoms with Crippen molar-refractivity contribution in [3.63, 3.8) is 0 Å². The maximum Gasteiger partial charge on any atom is 0.245 e. The molecule has 0 aliphatic heterocycles. The highest BCUT2D eigenvalue weighted by Crippen LogP contribution is 2.05. The van der Waals surface area contributed by atoms with Crippen LogP contribution in [-0.2, 0) is 4.79 Å². The molecule has 0 spiro atoms. The maximum absolute atomic E-state index is 11.9. The average molecular weight is 277 g/mol. The largest absolute Gasteiger partial charge is 0.350 e. The second kappa shape index (κ2) is 6.91. The number of hydrogen-bond acceptors (Lipinski definition) is 3. The van der Waals surface area contributed by atoms with Crippen LogP contribution in [-0.4, -0.2) is 23.4 Å². The molecule has 0 fully saturated rings. The summed E-state index contributed by atoms with van der Waals surface area (Å²) in [5.74, 6) is 5.61. The van der Waals surface area contributed by atoms with E-state index < -0.39 is 6.04 Å². The molecule has 5 N–H and O–H groups in total. The van der Waals surface area contributed by atoms with Crippen molar-refractivity contribution >= 4 is 17.6 Å². The molecule has 0 heterocycles. The molecule has 0 saturated carbocycles. The van der Waals surface area contributed by atoms with Gasteiger partial charge in [0.25, 0.3) is 0 Å². The second-order valence-electron chi connectivity index (χ2n) is 5.53. The minimum absolute atomic E-state index is 0.153. The molecule has 110 valence electrons. The van der Waals surface area contributed by atoms with E-state index in [1.165, 1.54) is 0 Å². The average Bonchev–Trinajstić information content (AvgIpc) is 2.37. The molecular weight excluding hydrogens is 254 g/mol. The predicted molar refractivity (Wildman–Crippen MR) is 82.2 cm³/mol. The first-order valence-electron chi connectivity index (χ1n) is 6.50. The number of guanidine groups is 1. The smallest absolute Gasteiger partial charge is 0.245 e. The number of nitrogens with one attached hydrogen (secondary N) is 3. The molecule has 20 heavy (non-hydrogen) atoms. The van der Waals surface area contributed by atoms with E-state index in [0.29, 0.717) is 5.96 Å². The highest BCUT2D eigenvalue weighted by atomic mass is 16.2. The Morgan fingerprint density at radius 1 is 1.25 bits per heavy atom. The van der Waals surface area contributed by atoms with Crippen LogP contribution in [0.4, 0.5) is 5.69 Å². The van der Waals surface area contributed by atoms with Gasteiger partial charge in [-0.3, -0.25) is 10.2 Å². The van der Waals surface area contributed by atoms with Gasteiger partial charge >= 0.3 is 0 Å². The number of para-hydroxylation sites is 1. The van der Waals surface area contributed by atoms with Crippen LogP contribution in [0.25, 0.3) is 0 Å². The molecule has 0 aliphatic rings. The Morgan fingerprint density at radius 3 is 2.35 bits per heavy atom. The normalized spacial score (nSPS) is 13.6. The molecule has 0 radical (unpaired) electrons. The van der Waals surface area contributed by atoms with Gasteiger partial charge in [0.05, 0.1) is 0 Å². The van der Waals surface area contributed by atoms with E-state index in [2.05, 4.69) is 21.1 Å². The van der Waals surface area contributed by atoms with E-state index in [-0.39, 0.29) is 11.4 Å². The molecule has 1 aromatic carbocycles. The van der Waals surface area contributed by atoms with Crippen molar-refractivity contribution in [2.24, 2.45) is 10.8 Å². The van der Waals surface area contributed by atoms with Crippen LogP contribution >= 0.6 is 0 Å². The third-order valence-corrected chi connectivity index (χ3v) is 2.37. The number of benzene rings is 1. The number of rotatable bonds is 3. The molecule has 0 bridgehead atoms. The monoisotopic (exact) mass is 277 g/mol. The van der Waals surface area contributed by atoms with Gasteiger partial charge in [-0.05, 0) is 39.8 Å². The summed E-state index contributed by atoms with van der Waals surface area (Å²) in [7, 11) is 0. The van der Waals surface area contributed by atoms with Crippen LogP contribution in [0, 0.1) is 0 Å². The summed E-state index contributed by atoms with van der Waals surface area (Å²) in [4.78, 5) is 16.2. The summed E-state index contributed by atoms with van der Waals surface area (Å²) in [5, 5.41) is 5.88. The zero-order chi connectivity index (χ0) is 15.2. The molecule has 1 rings (SSSR count). The van der Waals surface area contributed by atoms with Crippen LogP contribution in [0.2, 0.25) is 0 Å². The Morgan fingerprint density at radius 2 is 1.85 bits per heavy atom. The van der Waals surface area contributed by atoms with Crippen LogP contribution in [0.1, 0.15) is 27.7 Å². The van der Waals surface area contributed by atoms with E-state index in [0.717, 1.165) is 5.69 Å². The number of carbonyl (C=O) groups is 1. The van der Waals surface area contributed by atoms with Crippen molar-refractivity contribution in [2.75, 3.05) is 5.32 Å². The zero-order valence-corrected chi connectivity index (χ0v) is 12.4. The molecular formula is C14H23N5O. The number of nitrogens with two attached hydrogens (primary N) is 1. The first kappa shape index (κ1) is 16.0. The Kier molecular flexibility index (Phi) is 5.52. The van der Waals surface area contributed by atoms with Crippen LogP contribution in [0.15, 0.2) is 35.3 Å². The molecule has 6 nitrogen and oxygen atoms in total. The fourth-order valence-electron chi connectivity index (χ4n) is 1.49. The SMILES string of the molecule is CC(N=C(NN)Nc1ccccc1)C(=O)NC(C)(C)C. The molecule has 1 atom stereocenters. The Labute approximate surface area is 119 Å². The zero-order valence-electron chi connectivity index (χ0n) is 12.4. The summed E-state index contributed by atoms with van der Waals surface area (Å²) in [5.41, 5.74) is 3.01. The Bertz CT molecular complexity index is 464. The summed E-state index contributed by atoms with van der Waals surface area (Å²) in [6.45, 7) is 7.48. The minimum atomic E-state index is -0.545. The molecule has 0 saturated heterocycles. The first-order valence-corrected chi connectivity index (χ1v) is 6.50. The van der Waals surface area contributed by atoms with E-state index in [1.807, 2.05) is 51.1 Å². The van der Waals surface area contributed by atoms with Gasteiger partial charge in [0.15, 0.2) is 0 Å². The van der Waals surface area contributed by atoms with Crippen molar-refractivity contribution in [3.05, 3.63) is 30.3 Å². The molecule has 1 unspecified atom stereocenters. The molecule has 6 heteroatoms. The number of amides is 1. The number of carbonyl (C=O) groups excluding carboxylic acids is 1. The van der Waals surface area contributed by atoms with Gasteiger partial charge in [0, 0.05) is 11.2 Å². The van der Waals surface area contributed by atoms with Crippen LogP contribution in [0.3, 0.4) is 0 Å². The lowest BCUT2D eigenvalue weighted by molar-refractivity contribution is -0.123. The third-order valence-electron chi connectivity index (χ3n) is 2.37. The van der Waals surface area contributed by atoms with Crippen molar-refractivity contribution in [2.45, 2.75) is 39.3 Å². The topological polar surface area (TPSA) is 91.5 Å². The molecule has 1 amide bonds. The maximum atomic E-state index is 11.9. The number of hydrogen-bond donors (Lipinski definition) is 4. The molecule has 1 aromatic rings. The van der Waals surface area contributed by atoms with Crippen molar-refractivity contribution < 1.29 is 4.79 Å². The van der Waals surface area contributed by atoms with Crippen molar-refractivity contribution in [1.29, 1.82) is 0 Å². The molecule has 0 aromatic heterocycles. The summed E-state index contributed by atoms with van der Waals surface area (Å²) < 4.78 is 0. The van der Waals surface area contributed by atoms with Crippen molar-refractivity contribution in [1.82, 2.24) is 10.7 Å².